The van der Waals surface area contributed by atoms with Gasteiger partial charge in [0.15, 0.2) is 5.13 Å². The van der Waals surface area contributed by atoms with E-state index in [0.717, 1.165) is 46.4 Å². The van der Waals surface area contributed by atoms with E-state index in [1.165, 1.54) is 11.3 Å². The fourth-order valence-corrected chi connectivity index (χ4v) is 12.6. The summed E-state index contributed by atoms with van der Waals surface area (Å²) in [6, 6.07) is 43.4. The molecule has 0 bridgehead atoms. The average molecular weight is 1010 g/mol. The highest BCUT2D eigenvalue weighted by Crippen LogP contribution is 2.66. The van der Waals surface area contributed by atoms with E-state index in [1.54, 1.807) is 30.3 Å². The molecule has 1 aliphatic carbocycles. The summed E-state index contributed by atoms with van der Waals surface area (Å²) in [4.78, 5) is 71.7. The molecule has 7 aromatic rings. The number of amides is 4. The Bertz CT molecular complexity index is 3250. The first kappa shape index (κ1) is 48.6. The number of thiazole rings is 1. The minimum atomic E-state index is -2.07. The first-order valence-electron chi connectivity index (χ1n) is 25.3. The van der Waals surface area contributed by atoms with E-state index in [2.05, 4.69) is 22.5 Å². The molecule has 6 aromatic carbocycles. The first-order valence-corrected chi connectivity index (χ1v) is 26.1. The number of nitrogens with one attached hydrogen (secondary N) is 2. The SMILES string of the molecule is CC(NC(=O)N1C(=O)C2(c3cc(C#CC4(O)CCCCCC4)ccc31)C(C(=O)Nc1nc3ccccc3s1)C1C(=O)OC(c3ccccc3)C(c3ccccc3)N1C2c1ccc(OCCO)cc1)c1ccccc1. The summed E-state index contributed by atoms with van der Waals surface area (Å²) in [6.45, 7) is 1.65. The number of rotatable bonds is 10. The maximum absolute atomic E-state index is 16.9. The van der Waals surface area contributed by atoms with Crippen LogP contribution in [0.1, 0.15) is 103 Å². The number of aliphatic hydroxyl groups is 2. The van der Waals surface area contributed by atoms with E-state index < -0.39 is 71.0 Å². The van der Waals surface area contributed by atoms with Crippen LogP contribution in [0.25, 0.3) is 10.2 Å². The highest BCUT2D eigenvalue weighted by Gasteiger charge is 2.75. The van der Waals surface area contributed by atoms with Crippen molar-refractivity contribution in [2.24, 2.45) is 5.92 Å². The van der Waals surface area contributed by atoms with Gasteiger partial charge in [-0.2, -0.15) is 0 Å². The van der Waals surface area contributed by atoms with Crippen molar-refractivity contribution < 1.29 is 38.9 Å². The first-order chi connectivity index (χ1) is 36.1. The lowest BCUT2D eigenvalue weighted by Crippen LogP contribution is -2.55. The number of ether oxygens (including phenoxy) is 2. The molecule has 4 heterocycles. The standard InChI is InChI=1S/C60H55N5O8S/c1-38(40-17-7-4-8-18-40)61-58(70)64-47-30-25-39(31-34-59(71)32-15-2-3-16-33-59)37-45(47)60(56(64)69)49(54(67)63-57-62-46-23-13-14-24-48(46)74-57)51-55(68)73-52(42-21-11-6-12-22-42)50(41-19-9-5-10-20-41)65(51)53(60)43-26-28-44(29-27-43)72-36-35-66/h4-14,17-30,37-38,49-53,66,71H,2-3,15-16,32-33,35-36H2,1H3,(H,61,70)(H,62,63,67). The number of hydrogen-bond donors (Lipinski definition) is 4. The lowest BCUT2D eigenvalue weighted by molar-refractivity contribution is -0.177. The fraction of sp³-hybridized carbons (Fsp3) is 0.283. The molecule has 0 radical (unpaired) electrons. The number of para-hydroxylation sites is 1. The van der Waals surface area contributed by atoms with Gasteiger partial charge in [0.2, 0.25) is 11.8 Å². The molecule has 3 aliphatic heterocycles. The molecule has 1 saturated carbocycles. The van der Waals surface area contributed by atoms with Gasteiger partial charge < -0.3 is 30.3 Å². The van der Waals surface area contributed by atoms with Gasteiger partial charge >= 0.3 is 12.0 Å². The topological polar surface area (TPSA) is 171 Å². The number of nitrogens with zero attached hydrogens (tertiary/aromatic N) is 3. The van der Waals surface area contributed by atoms with Gasteiger partial charge in [0.1, 0.15) is 35.5 Å². The summed E-state index contributed by atoms with van der Waals surface area (Å²) >= 11 is 1.26. The Balaban J connectivity index is 1.19. The molecule has 4 N–H and O–H groups in total. The number of urea groups is 1. The largest absolute Gasteiger partial charge is 0.491 e. The Hall–Kier alpha value is -7.67. The molecule has 4 aliphatic rings. The van der Waals surface area contributed by atoms with Crippen LogP contribution in [0.2, 0.25) is 0 Å². The summed E-state index contributed by atoms with van der Waals surface area (Å²) in [5, 5.41) is 27.9. The van der Waals surface area contributed by atoms with Gasteiger partial charge in [-0.3, -0.25) is 19.3 Å². The van der Waals surface area contributed by atoms with Crippen molar-refractivity contribution in [3.63, 3.8) is 0 Å². The van der Waals surface area contributed by atoms with Crippen molar-refractivity contribution in [3.05, 3.63) is 191 Å². The second kappa shape index (κ2) is 20.3. The van der Waals surface area contributed by atoms with Gasteiger partial charge in [0.05, 0.1) is 46.6 Å². The number of anilines is 2. The van der Waals surface area contributed by atoms with Crippen LogP contribution in [0.3, 0.4) is 0 Å². The molecule has 7 unspecified atom stereocenters. The normalized spacial score (nSPS) is 23.4. The zero-order valence-electron chi connectivity index (χ0n) is 40.7. The van der Waals surface area contributed by atoms with Gasteiger partial charge in [0.25, 0.3) is 0 Å². The molecular weight excluding hydrogens is 951 g/mol. The Morgan fingerprint density at radius 3 is 2.16 bits per heavy atom. The lowest BCUT2D eigenvalue weighted by Gasteiger charge is -2.46. The zero-order chi connectivity index (χ0) is 51.0. The van der Waals surface area contributed by atoms with Crippen LogP contribution in [0, 0.1) is 17.8 Å². The number of carbonyl (C=O) groups excluding carboxylic acids is 4. The summed E-state index contributed by atoms with van der Waals surface area (Å²) in [7, 11) is 0. The molecule has 1 aromatic heterocycles. The molecule has 374 valence electrons. The minimum Gasteiger partial charge on any atom is -0.491 e. The number of fused-ring (bicyclic) bond motifs is 4. The number of aliphatic hydroxyl groups excluding tert-OH is 1. The van der Waals surface area contributed by atoms with Crippen molar-refractivity contribution in [2.45, 2.75) is 86.7 Å². The van der Waals surface area contributed by atoms with Crippen LogP contribution in [-0.2, 0) is 24.5 Å². The van der Waals surface area contributed by atoms with Crippen LogP contribution in [-0.4, -0.2) is 68.8 Å². The van der Waals surface area contributed by atoms with Crippen molar-refractivity contribution in [1.29, 1.82) is 0 Å². The summed E-state index contributed by atoms with van der Waals surface area (Å²) < 4.78 is 13.3. The molecule has 74 heavy (non-hydrogen) atoms. The molecule has 13 nitrogen and oxygen atoms in total. The number of hydrogen-bond acceptors (Lipinski definition) is 11. The molecule has 4 amide bonds. The molecular formula is C60H55N5O8S. The second-order valence-electron chi connectivity index (χ2n) is 19.5. The van der Waals surface area contributed by atoms with E-state index in [-0.39, 0.29) is 24.0 Å². The van der Waals surface area contributed by atoms with E-state index in [0.29, 0.717) is 46.4 Å². The number of carbonyl (C=O) groups is 4. The molecule has 1 spiro atoms. The summed E-state index contributed by atoms with van der Waals surface area (Å²) in [5.74, 6) is 3.17. The highest BCUT2D eigenvalue weighted by atomic mass is 32.1. The Morgan fingerprint density at radius 1 is 0.811 bits per heavy atom. The third kappa shape index (κ3) is 8.79. The smallest absolute Gasteiger partial charge is 0.329 e. The predicted molar refractivity (Wildman–Crippen MR) is 282 cm³/mol. The molecule has 2 saturated heterocycles. The van der Waals surface area contributed by atoms with Crippen LogP contribution in [0.15, 0.2) is 158 Å². The van der Waals surface area contributed by atoms with Gasteiger partial charge in [-0.05, 0) is 103 Å². The van der Waals surface area contributed by atoms with Crippen LogP contribution in [0.5, 0.6) is 5.75 Å². The van der Waals surface area contributed by atoms with Crippen molar-refractivity contribution in [2.75, 3.05) is 23.4 Å². The second-order valence-corrected chi connectivity index (χ2v) is 20.6. The number of benzene rings is 6. The van der Waals surface area contributed by atoms with E-state index in [4.69, 9.17) is 14.5 Å². The monoisotopic (exact) mass is 1010 g/mol. The van der Waals surface area contributed by atoms with Crippen LogP contribution >= 0.6 is 11.3 Å². The van der Waals surface area contributed by atoms with Gasteiger partial charge in [-0.15, -0.1) is 0 Å². The summed E-state index contributed by atoms with van der Waals surface area (Å²) in [6.07, 6.45) is 3.75. The summed E-state index contributed by atoms with van der Waals surface area (Å²) in [5.41, 5.74) is 1.07. The number of esters is 1. The lowest BCUT2D eigenvalue weighted by atomic mass is 9.65. The Labute approximate surface area is 433 Å². The predicted octanol–water partition coefficient (Wildman–Crippen LogP) is 9.88. The number of imide groups is 1. The zero-order valence-corrected chi connectivity index (χ0v) is 41.5. The third-order valence-corrected chi connectivity index (χ3v) is 16.0. The Kier molecular flexibility index (Phi) is 13.3. The molecule has 14 heteroatoms. The van der Waals surface area contributed by atoms with E-state index in [9.17, 15) is 10.2 Å². The van der Waals surface area contributed by atoms with Crippen LogP contribution < -0.4 is 20.3 Å². The third-order valence-electron chi connectivity index (χ3n) is 15.0. The van der Waals surface area contributed by atoms with E-state index in [1.807, 2.05) is 139 Å². The van der Waals surface area contributed by atoms with E-state index >= 15 is 19.2 Å². The number of cyclic esters (lactones) is 1. The van der Waals surface area contributed by atoms with Crippen molar-refractivity contribution in [1.82, 2.24) is 15.2 Å². The van der Waals surface area contributed by atoms with Crippen LogP contribution in [0.4, 0.5) is 15.6 Å². The van der Waals surface area contributed by atoms with Gasteiger partial charge in [-0.25, -0.2) is 14.7 Å². The minimum absolute atomic E-state index is 0.0336. The van der Waals surface area contributed by atoms with Gasteiger partial charge in [-0.1, -0.05) is 151 Å². The molecule has 7 atom stereocenters. The Morgan fingerprint density at radius 2 is 1.47 bits per heavy atom. The van der Waals surface area contributed by atoms with Crippen molar-refractivity contribution >= 4 is 56.2 Å². The van der Waals surface area contributed by atoms with Gasteiger partial charge in [0, 0.05) is 5.56 Å². The maximum Gasteiger partial charge on any atom is 0.329 e. The maximum atomic E-state index is 16.9. The molecule has 3 fully saturated rings. The molecule has 11 rings (SSSR count). The van der Waals surface area contributed by atoms with Crippen molar-refractivity contribution in [3.8, 4) is 17.6 Å². The quantitative estimate of drug-likeness (QED) is 0.0588. The number of morpholine rings is 1. The highest BCUT2D eigenvalue weighted by molar-refractivity contribution is 7.22. The average Bonchev–Trinajstić information content (AvgIpc) is 4.02. The fourth-order valence-electron chi connectivity index (χ4n) is 11.7. The number of aromatic nitrogens is 1.